The lowest BCUT2D eigenvalue weighted by Crippen LogP contribution is -2.37. The van der Waals surface area contributed by atoms with Crippen molar-refractivity contribution in [1.29, 1.82) is 0 Å². The zero-order valence-electron chi connectivity index (χ0n) is 17.3. The van der Waals surface area contributed by atoms with Crippen molar-refractivity contribution in [3.05, 3.63) is 83.6 Å². The minimum atomic E-state index is 0.0236. The lowest BCUT2D eigenvalue weighted by Gasteiger charge is -2.29. The molecule has 2 aromatic carbocycles. The van der Waals surface area contributed by atoms with Crippen molar-refractivity contribution in [3.8, 4) is 0 Å². The summed E-state index contributed by atoms with van der Waals surface area (Å²) in [6, 6.07) is 17.9. The van der Waals surface area contributed by atoms with Gasteiger partial charge >= 0.3 is 0 Å². The standard InChI is InChI=1S/C25H30N2/c1-24(2)18-12-7-9-14-20(18)26(5)22(24)16-11-17-23-25(3,4)19-13-8-10-15-21(19)27(23)6/h7-17,22H,1-6H3/b16-11+,23-17+. The molecule has 140 valence electrons. The molecule has 0 saturated heterocycles. The van der Waals surface area contributed by atoms with Gasteiger partial charge in [-0.25, -0.2) is 0 Å². The molecule has 0 saturated carbocycles. The number of benzene rings is 2. The van der Waals surface area contributed by atoms with Crippen LogP contribution < -0.4 is 9.80 Å². The van der Waals surface area contributed by atoms with Gasteiger partial charge in [-0.2, -0.15) is 0 Å². The van der Waals surface area contributed by atoms with Crippen molar-refractivity contribution in [2.75, 3.05) is 23.9 Å². The fourth-order valence-electron chi connectivity index (χ4n) is 5.04. The van der Waals surface area contributed by atoms with Crippen LogP contribution in [0.15, 0.2) is 72.5 Å². The summed E-state index contributed by atoms with van der Waals surface area (Å²) in [5.74, 6) is 0. The molecular formula is C25H30N2. The number of nitrogens with zero attached hydrogens (tertiary/aromatic N) is 2. The normalized spacial score (nSPS) is 23.9. The van der Waals surface area contributed by atoms with E-state index in [9.17, 15) is 0 Å². The molecule has 2 nitrogen and oxygen atoms in total. The Bertz CT molecular complexity index is 933. The quantitative estimate of drug-likeness (QED) is 0.684. The molecule has 2 aliphatic heterocycles. The van der Waals surface area contributed by atoms with Gasteiger partial charge in [0.05, 0.1) is 6.04 Å². The maximum absolute atomic E-state index is 2.41. The highest BCUT2D eigenvalue weighted by Gasteiger charge is 2.41. The number of rotatable bonds is 2. The van der Waals surface area contributed by atoms with Crippen molar-refractivity contribution in [2.24, 2.45) is 0 Å². The van der Waals surface area contributed by atoms with Crippen molar-refractivity contribution < 1.29 is 0 Å². The van der Waals surface area contributed by atoms with Gasteiger partial charge in [0.1, 0.15) is 0 Å². The molecule has 0 aromatic heterocycles. The van der Waals surface area contributed by atoms with Crippen LogP contribution >= 0.6 is 0 Å². The van der Waals surface area contributed by atoms with E-state index in [0.717, 1.165) is 0 Å². The Hall–Kier alpha value is -2.48. The van der Waals surface area contributed by atoms with E-state index in [1.807, 2.05) is 0 Å². The van der Waals surface area contributed by atoms with Crippen LogP contribution in [-0.4, -0.2) is 20.1 Å². The first-order valence-corrected chi connectivity index (χ1v) is 9.81. The average Bonchev–Trinajstić information content (AvgIpc) is 2.96. The Morgan fingerprint density at radius 1 is 0.815 bits per heavy atom. The van der Waals surface area contributed by atoms with Gasteiger partial charge < -0.3 is 9.80 Å². The number of hydrogen-bond acceptors (Lipinski definition) is 2. The van der Waals surface area contributed by atoms with Crippen LogP contribution in [0.3, 0.4) is 0 Å². The second kappa shape index (κ2) is 6.02. The number of likely N-dealkylation sites (N-methyl/N-ethyl adjacent to an activating group) is 2. The first kappa shape index (κ1) is 17.9. The monoisotopic (exact) mass is 358 g/mol. The van der Waals surface area contributed by atoms with E-state index in [4.69, 9.17) is 0 Å². The van der Waals surface area contributed by atoms with Crippen LogP contribution in [0, 0.1) is 0 Å². The molecular weight excluding hydrogens is 328 g/mol. The number of para-hydroxylation sites is 2. The van der Waals surface area contributed by atoms with Gasteiger partial charge in [0.15, 0.2) is 0 Å². The first-order valence-electron chi connectivity index (χ1n) is 9.81. The highest BCUT2D eigenvalue weighted by Crippen LogP contribution is 2.47. The van der Waals surface area contributed by atoms with E-state index >= 15 is 0 Å². The molecule has 0 fully saturated rings. The summed E-state index contributed by atoms with van der Waals surface area (Å²) in [5.41, 5.74) is 6.95. The number of fused-ring (bicyclic) bond motifs is 2. The average molecular weight is 359 g/mol. The Morgan fingerprint density at radius 3 is 2.04 bits per heavy atom. The van der Waals surface area contributed by atoms with E-state index in [2.05, 4.69) is 118 Å². The van der Waals surface area contributed by atoms with E-state index in [-0.39, 0.29) is 10.8 Å². The minimum absolute atomic E-state index is 0.0236. The fourth-order valence-corrected chi connectivity index (χ4v) is 5.04. The molecule has 1 atom stereocenters. The van der Waals surface area contributed by atoms with Crippen LogP contribution in [0.25, 0.3) is 0 Å². The highest BCUT2D eigenvalue weighted by molar-refractivity contribution is 5.70. The molecule has 0 radical (unpaired) electrons. The van der Waals surface area contributed by atoms with Gasteiger partial charge in [-0.05, 0) is 29.3 Å². The topological polar surface area (TPSA) is 6.48 Å². The van der Waals surface area contributed by atoms with E-state index in [1.54, 1.807) is 0 Å². The predicted molar refractivity (Wildman–Crippen MR) is 117 cm³/mol. The SMILES string of the molecule is CN1/C(=C/C=C/C2N(C)c3ccccc3C2(C)C)C(C)(C)c2ccccc21. The minimum Gasteiger partial charge on any atom is -0.367 e. The molecule has 27 heavy (non-hydrogen) atoms. The van der Waals surface area contributed by atoms with Crippen LogP contribution in [0.5, 0.6) is 0 Å². The zero-order valence-corrected chi connectivity index (χ0v) is 17.3. The van der Waals surface area contributed by atoms with Crippen molar-refractivity contribution in [1.82, 2.24) is 0 Å². The summed E-state index contributed by atoms with van der Waals surface area (Å²) in [5, 5.41) is 0. The van der Waals surface area contributed by atoms with Gasteiger partial charge in [-0.15, -0.1) is 0 Å². The predicted octanol–water partition coefficient (Wildman–Crippen LogP) is 5.65. The van der Waals surface area contributed by atoms with Crippen molar-refractivity contribution in [2.45, 2.75) is 44.6 Å². The molecule has 1 unspecified atom stereocenters. The summed E-state index contributed by atoms with van der Waals surface area (Å²) in [7, 11) is 4.38. The van der Waals surface area contributed by atoms with Crippen LogP contribution in [0.2, 0.25) is 0 Å². The zero-order chi connectivity index (χ0) is 19.4. The Labute approximate surface area is 163 Å². The van der Waals surface area contributed by atoms with Gasteiger partial charge in [0.2, 0.25) is 0 Å². The molecule has 2 aliphatic rings. The molecule has 2 heterocycles. The van der Waals surface area contributed by atoms with Gasteiger partial charge in [0, 0.05) is 42.0 Å². The first-order chi connectivity index (χ1) is 12.8. The van der Waals surface area contributed by atoms with Crippen molar-refractivity contribution >= 4 is 11.4 Å². The smallest absolute Gasteiger partial charge is 0.0565 e. The molecule has 0 amide bonds. The molecule has 0 aliphatic carbocycles. The van der Waals surface area contributed by atoms with Crippen molar-refractivity contribution in [3.63, 3.8) is 0 Å². The van der Waals surface area contributed by atoms with Gasteiger partial charge in [-0.3, -0.25) is 0 Å². The molecule has 2 aromatic rings. The summed E-state index contributed by atoms with van der Waals surface area (Å²) in [6.07, 6.45) is 6.92. The molecule has 0 bridgehead atoms. The summed E-state index contributed by atoms with van der Waals surface area (Å²) >= 11 is 0. The molecule has 0 spiro atoms. The number of allylic oxidation sites excluding steroid dienone is 3. The number of hydrogen-bond donors (Lipinski definition) is 0. The Balaban J connectivity index is 1.65. The third-order valence-electron chi connectivity index (χ3n) is 6.62. The largest absolute Gasteiger partial charge is 0.367 e. The second-order valence-electron chi connectivity index (χ2n) is 8.93. The lowest BCUT2D eigenvalue weighted by molar-refractivity contribution is 0.488. The van der Waals surface area contributed by atoms with Crippen LogP contribution in [0.1, 0.15) is 38.8 Å². The Kier molecular flexibility index (Phi) is 3.99. The van der Waals surface area contributed by atoms with Crippen LogP contribution in [0.4, 0.5) is 11.4 Å². The molecule has 0 N–H and O–H groups in total. The summed E-state index contributed by atoms with van der Waals surface area (Å²) in [6.45, 7) is 9.32. The van der Waals surface area contributed by atoms with E-state index < -0.39 is 0 Å². The highest BCUT2D eigenvalue weighted by atomic mass is 15.2. The van der Waals surface area contributed by atoms with E-state index in [0.29, 0.717) is 6.04 Å². The third kappa shape index (κ3) is 2.54. The maximum Gasteiger partial charge on any atom is 0.0565 e. The fraction of sp³-hybridized carbons (Fsp3) is 0.360. The molecule has 4 rings (SSSR count). The third-order valence-corrected chi connectivity index (χ3v) is 6.62. The molecule has 2 heteroatoms. The maximum atomic E-state index is 2.41. The summed E-state index contributed by atoms with van der Waals surface area (Å²) in [4.78, 5) is 4.74. The Morgan fingerprint density at radius 2 is 1.41 bits per heavy atom. The van der Waals surface area contributed by atoms with Gasteiger partial charge in [0.25, 0.3) is 0 Å². The van der Waals surface area contributed by atoms with Gasteiger partial charge in [-0.1, -0.05) is 76.2 Å². The number of anilines is 2. The second-order valence-corrected chi connectivity index (χ2v) is 8.93. The van der Waals surface area contributed by atoms with Crippen LogP contribution in [-0.2, 0) is 10.8 Å². The summed E-state index contributed by atoms with van der Waals surface area (Å²) < 4.78 is 0. The van der Waals surface area contributed by atoms with E-state index in [1.165, 1.54) is 28.2 Å². The lowest BCUT2D eigenvalue weighted by atomic mass is 9.80.